The van der Waals surface area contributed by atoms with Crippen molar-refractivity contribution in [1.82, 2.24) is 0 Å². The Bertz CT molecular complexity index is 309. The van der Waals surface area contributed by atoms with E-state index in [2.05, 4.69) is 0 Å². The summed E-state index contributed by atoms with van der Waals surface area (Å²) < 4.78 is 18.0. The molecule has 0 radical (unpaired) electrons. The number of benzene rings is 1. The Kier molecular flexibility index (Phi) is 6.24. The molecule has 15 heavy (non-hydrogen) atoms. The van der Waals surface area contributed by atoms with Gasteiger partial charge in [0.25, 0.3) is 0 Å². The van der Waals surface area contributed by atoms with Gasteiger partial charge in [0.15, 0.2) is 0 Å². The van der Waals surface area contributed by atoms with Crippen LogP contribution in [0.25, 0.3) is 0 Å². The molecule has 0 aromatic heterocycles. The Morgan fingerprint density at radius 3 is 2.73 bits per heavy atom. The topological polar surface area (TPSA) is 55.5 Å². The van der Waals surface area contributed by atoms with Crippen LogP contribution in [0, 0.1) is 5.82 Å². The summed E-state index contributed by atoms with van der Waals surface area (Å²) in [5.41, 5.74) is 6.33. The molecule has 5 heteroatoms. The molecule has 0 heterocycles. The molecule has 1 atom stereocenters. The first-order valence-electron chi connectivity index (χ1n) is 4.39. The number of halogens is 2. The number of nitrogens with two attached hydrogens (primary N) is 1. The summed E-state index contributed by atoms with van der Waals surface area (Å²) in [6.45, 7) is -0.0270. The maximum Gasteiger partial charge on any atom is 0.123 e. The number of aliphatic hydroxyl groups is 1. The third kappa shape index (κ3) is 3.66. The largest absolute Gasteiger partial charge is 0.496 e. The van der Waals surface area contributed by atoms with E-state index in [0.717, 1.165) is 0 Å². The molecule has 0 aliphatic heterocycles. The molecule has 0 aliphatic carbocycles. The highest BCUT2D eigenvalue weighted by Gasteiger charge is 2.12. The van der Waals surface area contributed by atoms with Crippen molar-refractivity contribution in [3.8, 4) is 5.75 Å². The second-order valence-corrected chi connectivity index (χ2v) is 3.01. The molecule has 1 aromatic rings. The highest BCUT2D eigenvalue weighted by molar-refractivity contribution is 5.85. The minimum atomic E-state index is -0.398. The summed E-state index contributed by atoms with van der Waals surface area (Å²) in [5, 5.41) is 8.72. The summed E-state index contributed by atoms with van der Waals surface area (Å²) in [5.74, 6) is 0.196. The molecule has 0 saturated carbocycles. The first-order valence-corrected chi connectivity index (χ1v) is 4.39. The molecule has 86 valence electrons. The minimum absolute atomic E-state index is 0. The smallest absolute Gasteiger partial charge is 0.123 e. The molecule has 0 saturated heterocycles. The zero-order valence-electron chi connectivity index (χ0n) is 8.44. The molecule has 0 fully saturated rings. The zero-order valence-corrected chi connectivity index (χ0v) is 9.26. The molecule has 3 N–H and O–H groups in total. The minimum Gasteiger partial charge on any atom is -0.496 e. The third-order valence-electron chi connectivity index (χ3n) is 2.03. The summed E-state index contributed by atoms with van der Waals surface area (Å²) >= 11 is 0. The highest BCUT2D eigenvalue weighted by atomic mass is 35.5. The van der Waals surface area contributed by atoms with Crippen LogP contribution in [0.2, 0.25) is 0 Å². The normalized spacial score (nSPS) is 11.7. The lowest BCUT2D eigenvalue weighted by Gasteiger charge is -2.14. The molecular formula is C10H15ClFNO2. The lowest BCUT2D eigenvalue weighted by atomic mass is 10.0. The van der Waals surface area contributed by atoms with Crippen LogP contribution in [-0.4, -0.2) is 18.8 Å². The van der Waals surface area contributed by atoms with Gasteiger partial charge in [-0.25, -0.2) is 4.39 Å². The fraction of sp³-hybridized carbons (Fsp3) is 0.400. The van der Waals surface area contributed by atoms with E-state index in [0.29, 0.717) is 17.7 Å². The number of ether oxygens (including phenoxy) is 1. The average molecular weight is 236 g/mol. The van der Waals surface area contributed by atoms with Crippen molar-refractivity contribution in [2.24, 2.45) is 5.73 Å². The lowest BCUT2D eigenvalue weighted by Crippen LogP contribution is -2.13. The SMILES string of the molecule is COc1ccc(F)cc1[C@@H](N)CCO.Cl. The quantitative estimate of drug-likeness (QED) is 0.834. The molecule has 0 amide bonds. The molecule has 3 nitrogen and oxygen atoms in total. The Hall–Kier alpha value is -0.840. The molecule has 0 spiro atoms. The van der Waals surface area contributed by atoms with Gasteiger partial charge in [-0.1, -0.05) is 0 Å². The van der Waals surface area contributed by atoms with E-state index >= 15 is 0 Å². The summed E-state index contributed by atoms with van der Waals surface area (Å²) in [4.78, 5) is 0. The first-order chi connectivity index (χ1) is 6.69. The van der Waals surface area contributed by atoms with Gasteiger partial charge in [0.1, 0.15) is 11.6 Å². The van der Waals surface area contributed by atoms with E-state index < -0.39 is 6.04 Å². The molecule has 1 aromatic carbocycles. The summed E-state index contributed by atoms with van der Waals surface area (Å²) in [6, 6.07) is 3.78. The number of rotatable bonds is 4. The van der Waals surface area contributed by atoms with Crippen LogP contribution in [0.4, 0.5) is 4.39 Å². The van der Waals surface area contributed by atoms with Crippen LogP contribution >= 0.6 is 12.4 Å². The van der Waals surface area contributed by atoms with Crippen LogP contribution in [0.3, 0.4) is 0 Å². The van der Waals surface area contributed by atoms with E-state index in [1.54, 1.807) is 0 Å². The Morgan fingerprint density at radius 1 is 1.53 bits per heavy atom. The van der Waals surface area contributed by atoms with E-state index in [1.165, 1.54) is 25.3 Å². The Balaban J connectivity index is 0.00000196. The maximum atomic E-state index is 12.9. The standard InChI is InChI=1S/C10H14FNO2.ClH/c1-14-10-3-2-7(11)6-8(10)9(12)4-5-13;/h2-3,6,9,13H,4-5,12H2,1H3;1H/t9-;/m0./s1. The van der Waals surface area contributed by atoms with Crippen molar-refractivity contribution in [2.75, 3.05) is 13.7 Å². The van der Waals surface area contributed by atoms with Crippen molar-refractivity contribution < 1.29 is 14.2 Å². The Labute approximate surface area is 94.5 Å². The van der Waals surface area contributed by atoms with Gasteiger partial charge in [0, 0.05) is 18.2 Å². The van der Waals surface area contributed by atoms with Gasteiger partial charge < -0.3 is 15.6 Å². The average Bonchev–Trinajstić information content (AvgIpc) is 2.18. The highest BCUT2D eigenvalue weighted by Crippen LogP contribution is 2.26. The number of methoxy groups -OCH3 is 1. The predicted octanol–water partition coefficient (Wildman–Crippen LogP) is 1.64. The lowest BCUT2D eigenvalue weighted by molar-refractivity contribution is 0.275. The van der Waals surface area contributed by atoms with Gasteiger partial charge in [0.05, 0.1) is 7.11 Å². The van der Waals surface area contributed by atoms with Crippen LogP contribution in [0.5, 0.6) is 5.75 Å². The summed E-state index contributed by atoms with van der Waals surface area (Å²) in [6.07, 6.45) is 0.389. The van der Waals surface area contributed by atoms with Gasteiger partial charge in [-0.2, -0.15) is 0 Å². The third-order valence-corrected chi connectivity index (χ3v) is 2.03. The number of aliphatic hydroxyl groups excluding tert-OH is 1. The fourth-order valence-corrected chi connectivity index (χ4v) is 1.29. The van der Waals surface area contributed by atoms with E-state index in [-0.39, 0.29) is 24.8 Å². The van der Waals surface area contributed by atoms with Crippen molar-refractivity contribution in [2.45, 2.75) is 12.5 Å². The van der Waals surface area contributed by atoms with Crippen LogP contribution < -0.4 is 10.5 Å². The van der Waals surface area contributed by atoms with Crippen molar-refractivity contribution in [3.05, 3.63) is 29.6 Å². The molecule has 0 bridgehead atoms. The van der Waals surface area contributed by atoms with Gasteiger partial charge in [0.2, 0.25) is 0 Å². The van der Waals surface area contributed by atoms with Crippen LogP contribution in [0.15, 0.2) is 18.2 Å². The molecule has 0 unspecified atom stereocenters. The maximum absolute atomic E-state index is 12.9. The van der Waals surface area contributed by atoms with E-state index in [1.807, 2.05) is 0 Å². The first kappa shape index (κ1) is 14.2. The van der Waals surface area contributed by atoms with E-state index in [9.17, 15) is 4.39 Å². The van der Waals surface area contributed by atoms with Crippen molar-refractivity contribution in [1.29, 1.82) is 0 Å². The number of hydrogen-bond acceptors (Lipinski definition) is 3. The molecular weight excluding hydrogens is 221 g/mol. The van der Waals surface area contributed by atoms with Gasteiger partial charge in [-0.15, -0.1) is 12.4 Å². The predicted molar refractivity (Wildman–Crippen MR) is 58.8 cm³/mol. The second kappa shape index (κ2) is 6.61. The van der Waals surface area contributed by atoms with E-state index in [4.69, 9.17) is 15.6 Å². The van der Waals surface area contributed by atoms with Crippen LogP contribution in [-0.2, 0) is 0 Å². The van der Waals surface area contributed by atoms with Gasteiger partial charge >= 0.3 is 0 Å². The number of hydrogen-bond donors (Lipinski definition) is 2. The monoisotopic (exact) mass is 235 g/mol. The fourth-order valence-electron chi connectivity index (χ4n) is 1.29. The molecule has 1 rings (SSSR count). The molecule has 0 aliphatic rings. The Morgan fingerprint density at radius 2 is 2.20 bits per heavy atom. The summed E-state index contributed by atoms with van der Waals surface area (Å²) in [7, 11) is 1.50. The van der Waals surface area contributed by atoms with Crippen molar-refractivity contribution in [3.63, 3.8) is 0 Å². The van der Waals surface area contributed by atoms with Crippen molar-refractivity contribution >= 4 is 12.4 Å². The zero-order chi connectivity index (χ0) is 10.6. The second-order valence-electron chi connectivity index (χ2n) is 3.01. The van der Waals surface area contributed by atoms with Crippen LogP contribution in [0.1, 0.15) is 18.0 Å². The van der Waals surface area contributed by atoms with Gasteiger partial charge in [-0.3, -0.25) is 0 Å². The van der Waals surface area contributed by atoms with Gasteiger partial charge in [-0.05, 0) is 24.6 Å².